The average molecular weight is 310 g/mol. The lowest BCUT2D eigenvalue weighted by Crippen LogP contribution is -2.60. The number of carbonyl (C=O) groups is 1. The second-order valence-corrected chi connectivity index (χ2v) is 6.09. The number of amides is 1. The lowest BCUT2D eigenvalue weighted by molar-refractivity contribution is 0.0496. The number of hydrogen-bond acceptors (Lipinski definition) is 6. The van der Waals surface area contributed by atoms with Crippen LogP contribution in [0.1, 0.15) is 26.5 Å². The fourth-order valence-corrected chi connectivity index (χ4v) is 1.99. The number of nitrogens with one attached hydrogen (secondary N) is 1. The van der Waals surface area contributed by atoms with Gasteiger partial charge in [0.05, 0.1) is 12.2 Å². The number of rotatable bonds is 2. The van der Waals surface area contributed by atoms with Crippen LogP contribution < -0.4 is 10.2 Å². The van der Waals surface area contributed by atoms with E-state index in [1.807, 2.05) is 31.7 Å². The molecule has 0 bridgehead atoms. The summed E-state index contributed by atoms with van der Waals surface area (Å²) in [7, 11) is 0. The third-order valence-electron chi connectivity index (χ3n) is 2.75. The van der Waals surface area contributed by atoms with Gasteiger partial charge in [0.15, 0.2) is 10.8 Å². The van der Waals surface area contributed by atoms with Crippen LogP contribution in [0, 0.1) is 11.3 Å². The lowest BCUT2D eigenvalue weighted by atomic mass is 10.1. The van der Waals surface area contributed by atoms with Gasteiger partial charge in [-0.2, -0.15) is 5.26 Å². The maximum atomic E-state index is 11.6. The zero-order valence-corrected chi connectivity index (χ0v) is 12.8. The second-order valence-electron chi connectivity index (χ2n) is 5.73. The molecule has 0 spiro atoms. The van der Waals surface area contributed by atoms with Crippen molar-refractivity contribution in [3.63, 3.8) is 0 Å². The Morgan fingerprint density at radius 1 is 1.57 bits per heavy atom. The van der Waals surface area contributed by atoms with Crippen molar-refractivity contribution in [3.8, 4) is 6.07 Å². The number of carbonyl (C=O) groups excluding carboxylic acids is 1. The second kappa shape index (κ2) is 5.74. The van der Waals surface area contributed by atoms with Crippen molar-refractivity contribution in [2.24, 2.45) is 0 Å². The van der Waals surface area contributed by atoms with Gasteiger partial charge in [0.25, 0.3) is 0 Å². The summed E-state index contributed by atoms with van der Waals surface area (Å²) >= 11 is 5.84. The Morgan fingerprint density at radius 2 is 2.24 bits per heavy atom. The summed E-state index contributed by atoms with van der Waals surface area (Å²) in [4.78, 5) is 21.5. The number of nitrogens with zero attached hydrogens (tertiary/aromatic N) is 4. The van der Waals surface area contributed by atoms with E-state index in [-0.39, 0.29) is 16.9 Å². The zero-order valence-electron chi connectivity index (χ0n) is 12.1. The molecule has 1 aromatic heterocycles. The highest BCUT2D eigenvalue weighted by Gasteiger charge is 2.31. The molecule has 1 aliphatic rings. The van der Waals surface area contributed by atoms with Gasteiger partial charge in [0.1, 0.15) is 17.5 Å². The molecule has 1 amide bonds. The predicted octanol–water partition coefficient (Wildman–Crippen LogP) is 1.71. The number of anilines is 1. The van der Waals surface area contributed by atoms with E-state index in [4.69, 9.17) is 21.6 Å². The van der Waals surface area contributed by atoms with Crippen LogP contribution in [0.2, 0.25) is 5.15 Å². The molecule has 0 saturated carbocycles. The van der Waals surface area contributed by atoms with Crippen LogP contribution in [0.15, 0.2) is 6.20 Å². The molecule has 21 heavy (non-hydrogen) atoms. The molecule has 1 aliphatic heterocycles. The van der Waals surface area contributed by atoms with E-state index in [2.05, 4.69) is 15.3 Å². The quantitative estimate of drug-likeness (QED) is 0.894. The molecule has 1 N–H and O–H groups in total. The average Bonchev–Trinajstić information content (AvgIpc) is 2.31. The summed E-state index contributed by atoms with van der Waals surface area (Å²) in [6.07, 6.45) is 1.06. The smallest absolute Gasteiger partial charge is 0.407 e. The first-order chi connectivity index (χ1) is 9.78. The maximum Gasteiger partial charge on any atom is 0.407 e. The topological polar surface area (TPSA) is 91.1 Å². The Balaban J connectivity index is 1.86. The summed E-state index contributed by atoms with van der Waals surface area (Å²) in [6.45, 7) is 6.63. The SMILES string of the molecule is CC(C)(C)OC(=O)NC1CN(c2cnc(C#N)c(Cl)n2)C1. The van der Waals surface area contributed by atoms with E-state index in [1.54, 1.807) is 0 Å². The van der Waals surface area contributed by atoms with Crippen LogP contribution in [-0.4, -0.2) is 40.8 Å². The van der Waals surface area contributed by atoms with E-state index in [0.717, 1.165) is 0 Å². The summed E-state index contributed by atoms with van der Waals surface area (Å²) in [6, 6.07) is 1.85. The molecule has 2 heterocycles. The molecule has 1 saturated heterocycles. The number of nitriles is 1. The molecular formula is C13H16ClN5O2. The third kappa shape index (κ3) is 3.95. The Morgan fingerprint density at radius 3 is 2.76 bits per heavy atom. The van der Waals surface area contributed by atoms with Crippen molar-refractivity contribution in [3.05, 3.63) is 17.0 Å². The molecule has 112 valence electrons. The molecular weight excluding hydrogens is 294 g/mol. The van der Waals surface area contributed by atoms with Crippen molar-refractivity contribution in [2.45, 2.75) is 32.4 Å². The normalized spacial score (nSPS) is 15.1. The lowest BCUT2D eigenvalue weighted by Gasteiger charge is -2.40. The molecule has 0 aromatic carbocycles. The first-order valence-electron chi connectivity index (χ1n) is 6.45. The standard InChI is InChI=1S/C13H16ClN5O2/c1-13(2,3)21-12(20)17-8-6-19(7-8)10-5-16-9(4-15)11(14)18-10/h5,8H,6-7H2,1-3H3,(H,17,20). The summed E-state index contributed by atoms with van der Waals surface area (Å²) in [5.74, 6) is 0.584. The minimum absolute atomic E-state index is 0.00364. The number of hydrogen-bond donors (Lipinski definition) is 1. The molecule has 0 radical (unpaired) electrons. The molecule has 8 heteroatoms. The van der Waals surface area contributed by atoms with Gasteiger partial charge in [-0.05, 0) is 20.8 Å². The molecule has 0 unspecified atom stereocenters. The van der Waals surface area contributed by atoms with Gasteiger partial charge in [-0.15, -0.1) is 0 Å². The van der Waals surface area contributed by atoms with Gasteiger partial charge in [-0.3, -0.25) is 0 Å². The minimum atomic E-state index is -0.514. The van der Waals surface area contributed by atoms with Gasteiger partial charge in [0.2, 0.25) is 0 Å². The molecule has 0 atom stereocenters. The third-order valence-corrected chi connectivity index (χ3v) is 3.01. The zero-order chi connectivity index (χ0) is 15.6. The Kier molecular flexibility index (Phi) is 4.19. The van der Waals surface area contributed by atoms with Crippen LogP contribution in [0.25, 0.3) is 0 Å². The number of ether oxygens (including phenoxy) is 1. The largest absolute Gasteiger partial charge is 0.444 e. The highest BCUT2D eigenvalue weighted by atomic mass is 35.5. The Labute approximate surface area is 127 Å². The first-order valence-corrected chi connectivity index (χ1v) is 6.83. The van der Waals surface area contributed by atoms with Crippen molar-refractivity contribution in [1.29, 1.82) is 5.26 Å². The van der Waals surface area contributed by atoms with Gasteiger partial charge in [0, 0.05) is 13.1 Å². The molecule has 2 rings (SSSR count). The van der Waals surface area contributed by atoms with Gasteiger partial charge in [-0.25, -0.2) is 14.8 Å². The summed E-state index contributed by atoms with van der Waals surface area (Å²) in [5.41, 5.74) is -0.413. The van der Waals surface area contributed by atoms with E-state index < -0.39 is 11.7 Å². The number of alkyl carbamates (subject to hydrolysis) is 1. The summed E-state index contributed by atoms with van der Waals surface area (Å²) < 4.78 is 5.18. The van der Waals surface area contributed by atoms with Gasteiger partial charge in [-0.1, -0.05) is 11.6 Å². The monoisotopic (exact) mass is 309 g/mol. The predicted molar refractivity (Wildman–Crippen MR) is 77.1 cm³/mol. The van der Waals surface area contributed by atoms with Crippen molar-refractivity contribution < 1.29 is 9.53 Å². The van der Waals surface area contributed by atoms with E-state index in [1.165, 1.54) is 6.20 Å². The van der Waals surface area contributed by atoms with E-state index in [9.17, 15) is 4.79 Å². The van der Waals surface area contributed by atoms with Crippen LogP contribution in [0.4, 0.5) is 10.6 Å². The van der Waals surface area contributed by atoms with Crippen molar-refractivity contribution >= 4 is 23.5 Å². The van der Waals surface area contributed by atoms with Crippen LogP contribution in [0.5, 0.6) is 0 Å². The maximum absolute atomic E-state index is 11.6. The summed E-state index contributed by atoms with van der Waals surface area (Å²) in [5, 5.41) is 11.6. The Hall–Kier alpha value is -2.07. The highest BCUT2D eigenvalue weighted by Crippen LogP contribution is 2.21. The fourth-order valence-electron chi connectivity index (χ4n) is 1.82. The first kappa shape index (κ1) is 15.3. The van der Waals surface area contributed by atoms with Gasteiger partial charge >= 0.3 is 6.09 Å². The molecule has 7 nitrogen and oxygen atoms in total. The molecule has 1 fully saturated rings. The van der Waals surface area contributed by atoms with Gasteiger partial charge < -0.3 is 15.0 Å². The van der Waals surface area contributed by atoms with E-state index in [0.29, 0.717) is 18.9 Å². The highest BCUT2D eigenvalue weighted by molar-refractivity contribution is 6.30. The number of aromatic nitrogens is 2. The molecule has 1 aromatic rings. The fraction of sp³-hybridized carbons (Fsp3) is 0.538. The van der Waals surface area contributed by atoms with Crippen LogP contribution >= 0.6 is 11.6 Å². The van der Waals surface area contributed by atoms with Crippen LogP contribution in [-0.2, 0) is 4.74 Å². The van der Waals surface area contributed by atoms with Crippen molar-refractivity contribution in [1.82, 2.24) is 15.3 Å². The van der Waals surface area contributed by atoms with Crippen LogP contribution in [0.3, 0.4) is 0 Å². The Bertz CT molecular complexity index is 587. The minimum Gasteiger partial charge on any atom is -0.444 e. The molecule has 0 aliphatic carbocycles. The number of halogens is 1. The van der Waals surface area contributed by atoms with E-state index >= 15 is 0 Å². The van der Waals surface area contributed by atoms with Crippen molar-refractivity contribution in [2.75, 3.05) is 18.0 Å².